The predicted octanol–water partition coefficient (Wildman–Crippen LogP) is 4.41. The number of carbonyl (C=O) groups excluding carboxylic acids is 1. The van der Waals surface area contributed by atoms with E-state index >= 15 is 0 Å². The third kappa shape index (κ3) is 3.83. The van der Waals surface area contributed by atoms with Gasteiger partial charge in [0.2, 0.25) is 0 Å². The number of halogens is 3. The van der Waals surface area contributed by atoms with Gasteiger partial charge in [0.05, 0.1) is 17.4 Å². The number of benzene rings is 2. The normalized spacial score (nSPS) is 15.3. The number of aromatic nitrogens is 2. The molecule has 4 rings (SSSR count). The largest absolute Gasteiger partial charge is 0.411 e. The van der Waals surface area contributed by atoms with Gasteiger partial charge in [0.1, 0.15) is 0 Å². The summed E-state index contributed by atoms with van der Waals surface area (Å²) in [6.07, 6.45) is -1.14. The minimum Gasteiger partial charge on any atom is -0.388 e. The SMILES string of the molecule is Cn1cc(-c2ccc(-c3cccc4c3C(=O)N([C@@H](C(C)(C)O)C(F)(F)F)C4)cc2)cn1. The number of fused-ring (bicyclic) bond motifs is 1. The highest BCUT2D eigenvalue weighted by molar-refractivity contribution is 6.05. The number of amides is 1. The Kier molecular flexibility index (Phi) is 4.93. The van der Waals surface area contributed by atoms with Gasteiger partial charge < -0.3 is 10.0 Å². The summed E-state index contributed by atoms with van der Waals surface area (Å²) in [6.45, 7) is 1.93. The molecule has 8 heteroatoms. The summed E-state index contributed by atoms with van der Waals surface area (Å²) in [7, 11) is 1.82. The molecule has 0 aliphatic carbocycles. The van der Waals surface area contributed by atoms with Crippen molar-refractivity contribution in [2.45, 2.75) is 38.2 Å². The maximum absolute atomic E-state index is 13.7. The van der Waals surface area contributed by atoms with Crippen molar-refractivity contribution in [2.75, 3.05) is 0 Å². The van der Waals surface area contributed by atoms with Gasteiger partial charge in [-0.3, -0.25) is 9.48 Å². The van der Waals surface area contributed by atoms with Gasteiger partial charge in [0.15, 0.2) is 6.04 Å². The monoisotopic (exact) mass is 429 g/mol. The minimum absolute atomic E-state index is 0.204. The molecule has 2 aromatic carbocycles. The van der Waals surface area contributed by atoms with E-state index in [9.17, 15) is 23.1 Å². The number of aryl methyl sites for hydroxylation is 1. The Morgan fingerprint density at radius 3 is 2.23 bits per heavy atom. The van der Waals surface area contributed by atoms with E-state index in [0.29, 0.717) is 11.1 Å². The van der Waals surface area contributed by atoms with Crippen LogP contribution >= 0.6 is 0 Å². The topological polar surface area (TPSA) is 58.4 Å². The van der Waals surface area contributed by atoms with Crippen LogP contribution in [-0.2, 0) is 13.6 Å². The fraction of sp³-hybridized carbons (Fsp3) is 0.304. The first-order valence-corrected chi connectivity index (χ1v) is 9.78. The summed E-state index contributed by atoms with van der Waals surface area (Å²) in [5.74, 6) is -0.730. The standard InChI is InChI=1S/C23H22F3N3O2/c1-22(2,31)21(23(24,25)26)29-13-16-5-4-6-18(19(16)20(29)30)15-9-7-14(8-10-15)17-11-27-28(3)12-17/h4-12,21,31H,13H2,1-3H3/t21-/m0/s1. The second-order valence-electron chi connectivity index (χ2n) is 8.35. The molecule has 1 aliphatic rings. The average molecular weight is 429 g/mol. The quantitative estimate of drug-likeness (QED) is 0.668. The lowest BCUT2D eigenvalue weighted by molar-refractivity contribution is -0.219. The van der Waals surface area contributed by atoms with Crippen molar-refractivity contribution in [3.05, 3.63) is 66.0 Å². The summed E-state index contributed by atoms with van der Waals surface area (Å²) in [5.41, 5.74) is 1.80. The van der Waals surface area contributed by atoms with Gasteiger partial charge >= 0.3 is 6.18 Å². The second-order valence-corrected chi connectivity index (χ2v) is 8.35. The number of hydrogen-bond donors (Lipinski definition) is 1. The predicted molar refractivity (Wildman–Crippen MR) is 110 cm³/mol. The first-order valence-electron chi connectivity index (χ1n) is 9.78. The number of rotatable bonds is 4. The van der Waals surface area contributed by atoms with Crippen molar-refractivity contribution in [1.29, 1.82) is 0 Å². The van der Waals surface area contributed by atoms with Crippen molar-refractivity contribution in [1.82, 2.24) is 14.7 Å². The van der Waals surface area contributed by atoms with Crippen LogP contribution in [0.5, 0.6) is 0 Å². The maximum Gasteiger partial charge on any atom is 0.411 e. The molecule has 1 amide bonds. The molecule has 1 aromatic heterocycles. The number of carbonyl (C=O) groups is 1. The van der Waals surface area contributed by atoms with E-state index in [1.807, 2.05) is 37.5 Å². The molecule has 162 valence electrons. The first kappa shape index (κ1) is 21.1. The molecule has 0 radical (unpaired) electrons. The van der Waals surface area contributed by atoms with Gasteiger partial charge in [0.25, 0.3) is 5.91 Å². The van der Waals surface area contributed by atoms with E-state index < -0.39 is 23.7 Å². The zero-order valence-electron chi connectivity index (χ0n) is 17.3. The summed E-state index contributed by atoms with van der Waals surface area (Å²) in [5, 5.41) is 14.3. The fourth-order valence-corrected chi connectivity index (χ4v) is 4.20. The van der Waals surface area contributed by atoms with E-state index in [4.69, 9.17) is 0 Å². The molecular formula is C23H22F3N3O2. The average Bonchev–Trinajstić information content (AvgIpc) is 3.24. The van der Waals surface area contributed by atoms with Gasteiger partial charge in [-0.1, -0.05) is 42.5 Å². The summed E-state index contributed by atoms with van der Waals surface area (Å²) >= 11 is 0. The molecule has 2 heterocycles. The Bertz CT molecular complexity index is 1110. The Hall–Kier alpha value is -3.13. The molecule has 5 nitrogen and oxygen atoms in total. The van der Waals surface area contributed by atoms with Crippen molar-refractivity contribution < 1.29 is 23.1 Å². The minimum atomic E-state index is -4.76. The number of hydrogen-bond acceptors (Lipinski definition) is 3. The van der Waals surface area contributed by atoms with Crippen LogP contribution in [0, 0.1) is 0 Å². The van der Waals surface area contributed by atoms with Gasteiger partial charge in [-0.15, -0.1) is 0 Å². The van der Waals surface area contributed by atoms with Crippen LogP contribution in [-0.4, -0.2) is 43.5 Å². The Balaban J connectivity index is 1.71. The Morgan fingerprint density at radius 2 is 1.68 bits per heavy atom. The van der Waals surface area contributed by atoms with Gasteiger partial charge in [0, 0.05) is 25.4 Å². The van der Waals surface area contributed by atoms with E-state index in [1.54, 1.807) is 29.1 Å². The molecule has 31 heavy (non-hydrogen) atoms. The maximum atomic E-state index is 13.7. The van der Waals surface area contributed by atoms with Crippen LogP contribution in [0.25, 0.3) is 22.3 Å². The van der Waals surface area contributed by atoms with Crippen molar-refractivity contribution in [3.8, 4) is 22.3 Å². The third-order valence-electron chi connectivity index (χ3n) is 5.49. The number of aliphatic hydroxyl groups is 1. The lowest BCUT2D eigenvalue weighted by Gasteiger charge is -2.37. The van der Waals surface area contributed by atoms with Crippen LogP contribution in [0.15, 0.2) is 54.9 Å². The molecule has 1 atom stereocenters. The van der Waals surface area contributed by atoms with Crippen LogP contribution in [0.2, 0.25) is 0 Å². The van der Waals surface area contributed by atoms with E-state index in [0.717, 1.165) is 35.4 Å². The molecule has 1 N–H and O–H groups in total. The zero-order chi connectivity index (χ0) is 22.6. The van der Waals surface area contributed by atoms with Gasteiger partial charge in [-0.25, -0.2) is 0 Å². The Labute approximate surface area is 177 Å². The van der Waals surface area contributed by atoms with E-state index in [2.05, 4.69) is 5.10 Å². The summed E-state index contributed by atoms with van der Waals surface area (Å²) < 4.78 is 42.9. The smallest absolute Gasteiger partial charge is 0.388 e. The Morgan fingerprint density at radius 1 is 1.03 bits per heavy atom. The number of alkyl halides is 3. The molecule has 0 fully saturated rings. The van der Waals surface area contributed by atoms with Crippen molar-refractivity contribution in [3.63, 3.8) is 0 Å². The lowest BCUT2D eigenvalue weighted by atomic mass is 9.95. The molecule has 0 unspecified atom stereocenters. The molecule has 3 aromatic rings. The summed E-state index contributed by atoms with van der Waals surface area (Å²) in [6, 6.07) is 10.3. The third-order valence-corrected chi connectivity index (χ3v) is 5.49. The lowest BCUT2D eigenvalue weighted by Crippen LogP contribution is -2.57. The molecule has 0 spiro atoms. The molecule has 1 aliphatic heterocycles. The van der Waals surface area contributed by atoms with Crippen molar-refractivity contribution >= 4 is 5.91 Å². The first-order chi connectivity index (χ1) is 14.5. The van der Waals surface area contributed by atoms with Crippen LogP contribution in [0.1, 0.15) is 29.8 Å². The van der Waals surface area contributed by atoms with Crippen LogP contribution in [0.3, 0.4) is 0 Å². The van der Waals surface area contributed by atoms with Crippen molar-refractivity contribution in [2.24, 2.45) is 7.05 Å². The summed E-state index contributed by atoms with van der Waals surface area (Å²) in [4.78, 5) is 13.8. The molecule has 0 bridgehead atoms. The van der Waals surface area contributed by atoms with Crippen LogP contribution < -0.4 is 0 Å². The highest BCUT2D eigenvalue weighted by Gasteiger charge is 2.55. The highest BCUT2D eigenvalue weighted by Crippen LogP contribution is 2.40. The van der Waals surface area contributed by atoms with Gasteiger partial charge in [-0.2, -0.15) is 18.3 Å². The zero-order valence-corrected chi connectivity index (χ0v) is 17.3. The van der Waals surface area contributed by atoms with Gasteiger partial charge in [-0.05, 0) is 36.1 Å². The van der Waals surface area contributed by atoms with E-state index in [1.165, 1.54) is 0 Å². The van der Waals surface area contributed by atoms with E-state index in [-0.39, 0.29) is 12.1 Å². The molecular weight excluding hydrogens is 407 g/mol. The second kappa shape index (κ2) is 7.23. The number of nitrogens with zero attached hydrogens (tertiary/aromatic N) is 3. The highest BCUT2D eigenvalue weighted by atomic mass is 19.4. The molecule has 0 saturated heterocycles. The van der Waals surface area contributed by atoms with Crippen LogP contribution in [0.4, 0.5) is 13.2 Å². The molecule has 0 saturated carbocycles. The fourth-order valence-electron chi connectivity index (χ4n) is 4.20.